The van der Waals surface area contributed by atoms with Crippen LogP contribution in [0.15, 0.2) is 42.9 Å². The van der Waals surface area contributed by atoms with Gasteiger partial charge in [0.05, 0.1) is 5.39 Å². The predicted molar refractivity (Wildman–Crippen MR) is 107 cm³/mol. The summed E-state index contributed by atoms with van der Waals surface area (Å²) in [7, 11) is 2.06. The van der Waals surface area contributed by atoms with Crippen molar-refractivity contribution in [2.45, 2.75) is 18.9 Å². The summed E-state index contributed by atoms with van der Waals surface area (Å²) in [4.78, 5) is 28.4. The molecule has 0 unspecified atom stereocenters. The fourth-order valence-electron chi connectivity index (χ4n) is 3.54. The molecule has 2 amide bonds. The van der Waals surface area contributed by atoms with Gasteiger partial charge in [0.2, 0.25) is 0 Å². The smallest absolute Gasteiger partial charge is 0.321 e. The van der Waals surface area contributed by atoms with Gasteiger partial charge in [0.15, 0.2) is 0 Å². The average Bonchev–Trinajstić information content (AvgIpc) is 3.16. The molecule has 0 atom stereocenters. The van der Waals surface area contributed by atoms with E-state index in [2.05, 4.69) is 32.2 Å². The molecule has 4 rings (SSSR count). The van der Waals surface area contributed by atoms with Gasteiger partial charge in [-0.25, -0.2) is 14.8 Å². The van der Waals surface area contributed by atoms with E-state index in [1.54, 1.807) is 18.5 Å². The van der Waals surface area contributed by atoms with Crippen LogP contribution in [0, 0.1) is 0 Å². The first-order chi connectivity index (χ1) is 13.1. The van der Waals surface area contributed by atoms with Crippen LogP contribution >= 0.6 is 11.6 Å². The van der Waals surface area contributed by atoms with E-state index in [0.717, 1.165) is 29.7 Å². The number of aromatic nitrogens is 3. The fraction of sp³-hybridized carbons (Fsp3) is 0.316. The highest BCUT2D eigenvalue weighted by atomic mass is 35.5. The number of fused-ring (bicyclic) bond motifs is 1. The van der Waals surface area contributed by atoms with Crippen LogP contribution in [0.2, 0.25) is 5.02 Å². The molecule has 7 nitrogen and oxygen atoms in total. The summed E-state index contributed by atoms with van der Waals surface area (Å²) in [6, 6.07) is 9.42. The van der Waals surface area contributed by atoms with Gasteiger partial charge in [-0.3, -0.25) is 0 Å². The van der Waals surface area contributed by atoms with Crippen LogP contribution in [0.3, 0.4) is 0 Å². The maximum atomic E-state index is 12.5. The lowest BCUT2D eigenvalue weighted by molar-refractivity contribution is 0.194. The molecule has 27 heavy (non-hydrogen) atoms. The molecule has 2 aromatic heterocycles. The molecule has 0 bridgehead atoms. The van der Waals surface area contributed by atoms with E-state index in [1.165, 1.54) is 0 Å². The monoisotopic (exact) mass is 384 g/mol. The van der Waals surface area contributed by atoms with Gasteiger partial charge in [-0.2, -0.15) is 0 Å². The number of hydrogen-bond acceptors (Lipinski definition) is 4. The van der Waals surface area contributed by atoms with Crippen molar-refractivity contribution >= 4 is 40.2 Å². The van der Waals surface area contributed by atoms with Crippen LogP contribution in [0.1, 0.15) is 12.8 Å². The highest BCUT2D eigenvalue weighted by Gasteiger charge is 2.27. The standard InChI is InChI=1S/C19H21ClN6O/c1-25(18-16-5-8-21-17(16)22-12-23-18)15-6-9-26(10-7-15)19(27)24-14-4-2-3-13(20)11-14/h2-5,8,11-12,15H,6-7,9-10H2,1H3,(H,24,27)(H,21,22,23). The number of amides is 2. The third-order valence-corrected chi connectivity index (χ3v) is 5.28. The number of hydrogen-bond donors (Lipinski definition) is 2. The zero-order valence-corrected chi connectivity index (χ0v) is 15.8. The predicted octanol–water partition coefficient (Wildman–Crippen LogP) is 3.74. The molecule has 1 aromatic carbocycles. The maximum Gasteiger partial charge on any atom is 0.321 e. The topological polar surface area (TPSA) is 77.2 Å². The number of urea groups is 1. The number of anilines is 2. The maximum absolute atomic E-state index is 12.5. The number of likely N-dealkylation sites (tertiary alicyclic amines) is 1. The van der Waals surface area contributed by atoms with E-state index in [-0.39, 0.29) is 6.03 Å². The van der Waals surface area contributed by atoms with Crippen molar-refractivity contribution in [2.24, 2.45) is 0 Å². The van der Waals surface area contributed by atoms with Gasteiger partial charge < -0.3 is 20.1 Å². The Balaban J connectivity index is 1.38. The molecule has 1 aliphatic heterocycles. The number of rotatable bonds is 3. The van der Waals surface area contributed by atoms with Crippen LogP contribution in [0.5, 0.6) is 0 Å². The molecule has 0 radical (unpaired) electrons. The second kappa shape index (κ2) is 7.44. The summed E-state index contributed by atoms with van der Waals surface area (Å²) in [5.74, 6) is 0.920. The van der Waals surface area contributed by atoms with Gasteiger partial charge in [0, 0.05) is 43.1 Å². The summed E-state index contributed by atoms with van der Waals surface area (Å²) < 4.78 is 0. The minimum Gasteiger partial charge on any atom is -0.356 e. The number of nitrogens with one attached hydrogen (secondary N) is 2. The van der Waals surface area contributed by atoms with Crippen molar-refractivity contribution in [1.29, 1.82) is 0 Å². The van der Waals surface area contributed by atoms with Crippen molar-refractivity contribution in [1.82, 2.24) is 19.9 Å². The lowest BCUT2D eigenvalue weighted by atomic mass is 10.0. The average molecular weight is 385 g/mol. The van der Waals surface area contributed by atoms with Crippen molar-refractivity contribution in [3.05, 3.63) is 47.9 Å². The van der Waals surface area contributed by atoms with Gasteiger partial charge in [0.1, 0.15) is 17.8 Å². The zero-order valence-electron chi connectivity index (χ0n) is 15.0. The highest BCUT2D eigenvalue weighted by molar-refractivity contribution is 6.30. The van der Waals surface area contributed by atoms with Crippen molar-refractivity contribution in [3.8, 4) is 0 Å². The second-order valence-electron chi connectivity index (χ2n) is 6.71. The molecule has 1 saturated heterocycles. The van der Waals surface area contributed by atoms with E-state index in [9.17, 15) is 4.79 Å². The normalized spacial score (nSPS) is 15.1. The van der Waals surface area contributed by atoms with Gasteiger partial charge in [-0.05, 0) is 37.1 Å². The third-order valence-electron chi connectivity index (χ3n) is 5.04. The van der Waals surface area contributed by atoms with Gasteiger partial charge >= 0.3 is 6.03 Å². The molecule has 0 spiro atoms. The third kappa shape index (κ3) is 3.68. The Morgan fingerprint density at radius 3 is 2.89 bits per heavy atom. The van der Waals surface area contributed by atoms with E-state index in [0.29, 0.717) is 29.8 Å². The number of carbonyl (C=O) groups excluding carboxylic acids is 1. The number of benzene rings is 1. The Morgan fingerprint density at radius 1 is 1.30 bits per heavy atom. The number of aromatic amines is 1. The molecule has 140 valence electrons. The van der Waals surface area contributed by atoms with E-state index >= 15 is 0 Å². The molecule has 3 aromatic rings. The molecule has 8 heteroatoms. The van der Waals surface area contributed by atoms with Crippen LogP contribution in [-0.4, -0.2) is 52.1 Å². The van der Waals surface area contributed by atoms with Crippen molar-refractivity contribution < 1.29 is 4.79 Å². The van der Waals surface area contributed by atoms with Gasteiger partial charge in [0.25, 0.3) is 0 Å². The molecular formula is C19H21ClN6O. The molecular weight excluding hydrogens is 364 g/mol. The Hall–Kier alpha value is -2.80. The largest absolute Gasteiger partial charge is 0.356 e. The second-order valence-corrected chi connectivity index (χ2v) is 7.14. The van der Waals surface area contributed by atoms with E-state index in [4.69, 9.17) is 11.6 Å². The molecule has 3 heterocycles. The molecule has 1 fully saturated rings. The van der Waals surface area contributed by atoms with Crippen molar-refractivity contribution in [2.75, 3.05) is 30.4 Å². The lowest BCUT2D eigenvalue weighted by Crippen LogP contribution is -2.47. The number of piperidine rings is 1. The quantitative estimate of drug-likeness (QED) is 0.721. The Kier molecular flexibility index (Phi) is 4.85. The van der Waals surface area contributed by atoms with Crippen molar-refractivity contribution in [3.63, 3.8) is 0 Å². The van der Waals surface area contributed by atoms with Gasteiger partial charge in [-0.15, -0.1) is 0 Å². The fourth-order valence-corrected chi connectivity index (χ4v) is 3.73. The first-order valence-corrected chi connectivity index (χ1v) is 9.32. The van der Waals surface area contributed by atoms with Crippen LogP contribution in [-0.2, 0) is 0 Å². The Morgan fingerprint density at radius 2 is 2.11 bits per heavy atom. The number of H-pyrrole nitrogens is 1. The molecule has 1 aliphatic rings. The Bertz CT molecular complexity index is 950. The minimum atomic E-state index is -0.0894. The van der Waals surface area contributed by atoms with E-state index in [1.807, 2.05) is 29.3 Å². The number of carbonyl (C=O) groups is 1. The SMILES string of the molecule is CN(c1ncnc2[nH]ccc12)C1CCN(C(=O)Nc2cccc(Cl)c2)CC1. The molecule has 2 N–H and O–H groups in total. The molecule has 0 aliphatic carbocycles. The van der Waals surface area contributed by atoms with Crippen LogP contribution in [0.4, 0.5) is 16.3 Å². The summed E-state index contributed by atoms with van der Waals surface area (Å²) in [6.07, 6.45) is 5.22. The zero-order chi connectivity index (χ0) is 18.8. The van der Waals surface area contributed by atoms with Crippen LogP contribution < -0.4 is 10.2 Å². The van der Waals surface area contributed by atoms with Gasteiger partial charge in [-0.1, -0.05) is 17.7 Å². The molecule has 0 saturated carbocycles. The first-order valence-electron chi connectivity index (χ1n) is 8.94. The number of nitrogens with zero attached hydrogens (tertiary/aromatic N) is 4. The minimum absolute atomic E-state index is 0.0894. The summed E-state index contributed by atoms with van der Waals surface area (Å²) in [5, 5.41) is 4.53. The van der Waals surface area contributed by atoms with E-state index < -0.39 is 0 Å². The lowest BCUT2D eigenvalue weighted by Gasteiger charge is -2.37. The first kappa shape index (κ1) is 17.6. The highest BCUT2D eigenvalue weighted by Crippen LogP contribution is 2.26. The summed E-state index contributed by atoms with van der Waals surface area (Å²) in [6.45, 7) is 1.39. The number of halogens is 1. The Labute approximate surface area is 162 Å². The summed E-state index contributed by atoms with van der Waals surface area (Å²) in [5.41, 5.74) is 1.55. The summed E-state index contributed by atoms with van der Waals surface area (Å²) >= 11 is 5.98. The van der Waals surface area contributed by atoms with Crippen LogP contribution in [0.25, 0.3) is 11.0 Å².